The lowest BCUT2D eigenvalue weighted by Crippen LogP contribution is -2.20. The van der Waals surface area contributed by atoms with E-state index in [9.17, 15) is 0 Å². The monoisotopic (exact) mass is 216 g/mol. The summed E-state index contributed by atoms with van der Waals surface area (Å²) in [5.41, 5.74) is 1.07. The van der Waals surface area contributed by atoms with Crippen molar-refractivity contribution in [2.24, 2.45) is 0 Å². The molecule has 0 aliphatic heterocycles. The van der Waals surface area contributed by atoms with Crippen LogP contribution in [0.15, 0.2) is 17.0 Å². The van der Waals surface area contributed by atoms with E-state index in [0.29, 0.717) is 11.6 Å². The summed E-state index contributed by atoms with van der Waals surface area (Å²) in [5.74, 6) is 0. The maximum Gasteiger partial charge on any atom is 0.0898 e. The summed E-state index contributed by atoms with van der Waals surface area (Å²) in [7, 11) is 0. The molecule has 0 aliphatic rings. The van der Waals surface area contributed by atoms with Gasteiger partial charge in [-0.25, -0.2) is 4.98 Å². The Morgan fingerprint density at radius 1 is 1.85 bits per heavy atom. The van der Waals surface area contributed by atoms with E-state index in [1.54, 1.807) is 11.3 Å². The van der Waals surface area contributed by atoms with Crippen LogP contribution in [-0.4, -0.2) is 11.5 Å². The first kappa shape index (κ1) is 10.7. The molecular formula is C9H13ClN2S. The molecule has 72 valence electrons. The normalized spacial score (nSPS) is 12.8. The molecule has 2 nitrogen and oxygen atoms in total. The van der Waals surface area contributed by atoms with Crippen molar-refractivity contribution < 1.29 is 0 Å². The van der Waals surface area contributed by atoms with Gasteiger partial charge >= 0.3 is 0 Å². The van der Waals surface area contributed by atoms with Gasteiger partial charge in [0.25, 0.3) is 0 Å². The van der Waals surface area contributed by atoms with Gasteiger partial charge in [0.15, 0.2) is 0 Å². The van der Waals surface area contributed by atoms with Crippen molar-refractivity contribution in [3.8, 4) is 0 Å². The van der Waals surface area contributed by atoms with Crippen molar-refractivity contribution in [1.82, 2.24) is 10.3 Å². The number of aryl methyl sites for hydroxylation is 1. The van der Waals surface area contributed by atoms with E-state index in [1.807, 2.05) is 6.92 Å². The lowest BCUT2D eigenvalue weighted by atomic mass is 10.2. The van der Waals surface area contributed by atoms with Crippen LogP contribution in [0.5, 0.6) is 0 Å². The Morgan fingerprint density at radius 3 is 3.00 bits per heavy atom. The SMILES string of the molecule is C=C(Cl)CNC(C)c1csc(C)n1. The third-order valence-electron chi connectivity index (χ3n) is 1.68. The standard InChI is InChI=1S/C9H13ClN2S/c1-6(10)4-11-7(2)9-5-13-8(3)12-9/h5,7,11H,1,4H2,2-3H3. The number of hydrogen-bond acceptors (Lipinski definition) is 3. The van der Waals surface area contributed by atoms with Gasteiger partial charge in [0, 0.05) is 23.0 Å². The minimum atomic E-state index is 0.237. The lowest BCUT2D eigenvalue weighted by molar-refractivity contribution is 0.601. The molecule has 0 aliphatic carbocycles. The first-order valence-electron chi connectivity index (χ1n) is 4.08. The van der Waals surface area contributed by atoms with E-state index in [4.69, 9.17) is 11.6 Å². The van der Waals surface area contributed by atoms with Crippen LogP contribution in [0.1, 0.15) is 23.7 Å². The van der Waals surface area contributed by atoms with E-state index in [2.05, 4.69) is 29.2 Å². The summed E-state index contributed by atoms with van der Waals surface area (Å²) in [6.45, 7) is 8.30. The molecule has 1 aromatic rings. The van der Waals surface area contributed by atoms with Gasteiger partial charge in [-0.3, -0.25) is 0 Å². The van der Waals surface area contributed by atoms with Crippen LogP contribution >= 0.6 is 22.9 Å². The Balaban J connectivity index is 2.48. The first-order valence-corrected chi connectivity index (χ1v) is 5.34. The van der Waals surface area contributed by atoms with Crippen LogP contribution < -0.4 is 5.32 Å². The third kappa shape index (κ3) is 3.46. The summed E-state index contributed by atoms with van der Waals surface area (Å²) in [4.78, 5) is 4.37. The largest absolute Gasteiger partial charge is 0.304 e. The van der Waals surface area contributed by atoms with Crippen LogP contribution in [-0.2, 0) is 0 Å². The topological polar surface area (TPSA) is 24.9 Å². The molecule has 1 heterocycles. The van der Waals surface area contributed by atoms with Crippen LogP contribution in [0, 0.1) is 6.92 Å². The molecule has 1 unspecified atom stereocenters. The van der Waals surface area contributed by atoms with Gasteiger partial charge < -0.3 is 5.32 Å². The molecule has 1 rings (SSSR count). The van der Waals surface area contributed by atoms with Gasteiger partial charge in [0.1, 0.15) is 0 Å². The summed E-state index contributed by atoms with van der Waals surface area (Å²) in [5, 5.41) is 7.00. The molecular weight excluding hydrogens is 204 g/mol. The Hall–Kier alpha value is -0.380. The van der Waals surface area contributed by atoms with Crippen molar-refractivity contribution in [3.05, 3.63) is 27.7 Å². The highest BCUT2D eigenvalue weighted by atomic mass is 35.5. The van der Waals surface area contributed by atoms with Crippen LogP contribution in [0.3, 0.4) is 0 Å². The quantitative estimate of drug-likeness (QED) is 0.838. The predicted molar refractivity (Wildman–Crippen MR) is 58.3 cm³/mol. The summed E-state index contributed by atoms with van der Waals surface area (Å²) >= 11 is 7.30. The molecule has 4 heteroatoms. The van der Waals surface area contributed by atoms with E-state index in [-0.39, 0.29) is 6.04 Å². The first-order chi connectivity index (χ1) is 6.09. The molecule has 0 saturated heterocycles. The van der Waals surface area contributed by atoms with Gasteiger partial charge in [0.05, 0.1) is 10.7 Å². The van der Waals surface area contributed by atoms with Gasteiger partial charge in [-0.15, -0.1) is 11.3 Å². The van der Waals surface area contributed by atoms with E-state index < -0.39 is 0 Å². The van der Waals surface area contributed by atoms with Crippen molar-refractivity contribution in [3.63, 3.8) is 0 Å². The van der Waals surface area contributed by atoms with Crippen LogP contribution in [0.25, 0.3) is 0 Å². The lowest BCUT2D eigenvalue weighted by Gasteiger charge is -2.09. The molecule has 0 aromatic carbocycles. The van der Waals surface area contributed by atoms with Gasteiger partial charge in [-0.2, -0.15) is 0 Å². The van der Waals surface area contributed by atoms with Gasteiger partial charge in [-0.1, -0.05) is 18.2 Å². The second-order valence-corrected chi connectivity index (χ2v) is 4.51. The number of halogens is 1. The van der Waals surface area contributed by atoms with Crippen molar-refractivity contribution in [1.29, 1.82) is 0 Å². The fourth-order valence-corrected chi connectivity index (χ4v) is 1.73. The average Bonchev–Trinajstić information content (AvgIpc) is 2.47. The van der Waals surface area contributed by atoms with E-state index in [0.717, 1.165) is 10.7 Å². The second kappa shape index (κ2) is 4.74. The Kier molecular flexibility index (Phi) is 3.90. The molecule has 0 spiro atoms. The third-order valence-corrected chi connectivity index (χ3v) is 2.61. The number of rotatable bonds is 4. The minimum Gasteiger partial charge on any atom is -0.304 e. The molecule has 0 bridgehead atoms. The summed E-state index contributed by atoms with van der Waals surface area (Å²) in [6, 6.07) is 0.237. The zero-order valence-corrected chi connectivity index (χ0v) is 9.37. The zero-order valence-electron chi connectivity index (χ0n) is 7.80. The van der Waals surface area contributed by atoms with Crippen LogP contribution in [0.4, 0.5) is 0 Å². The molecule has 0 saturated carbocycles. The average molecular weight is 217 g/mol. The molecule has 13 heavy (non-hydrogen) atoms. The molecule has 1 aromatic heterocycles. The second-order valence-electron chi connectivity index (χ2n) is 2.91. The zero-order chi connectivity index (χ0) is 9.84. The highest BCUT2D eigenvalue weighted by Gasteiger charge is 2.07. The minimum absolute atomic E-state index is 0.237. The Labute approximate surface area is 87.6 Å². The Morgan fingerprint density at radius 2 is 2.54 bits per heavy atom. The summed E-state index contributed by atoms with van der Waals surface area (Å²) < 4.78 is 0. The molecule has 1 atom stereocenters. The molecule has 0 amide bonds. The highest BCUT2D eigenvalue weighted by molar-refractivity contribution is 7.09. The highest BCUT2D eigenvalue weighted by Crippen LogP contribution is 2.15. The number of hydrogen-bond donors (Lipinski definition) is 1. The number of nitrogens with zero attached hydrogens (tertiary/aromatic N) is 1. The fraction of sp³-hybridized carbons (Fsp3) is 0.444. The van der Waals surface area contributed by atoms with Gasteiger partial charge in [0.2, 0.25) is 0 Å². The predicted octanol–water partition coefficient (Wildman–Crippen LogP) is 2.85. The van der Waals surface area contributed by atoms with Crippen molar-refractivity contribution in [2.75, 3.05) is 6.54 Å². The fourth-order valence-electron chi connectivity index (χ4n) is 0.947. The number of aromatic nitrogens is 1. The molecule has 0 radical (unpaired) electrons. The molecule has 0 fully saturated rings. The van der Waals surface area contributed by atoms with Crippen LogP contribution in [0.2, 0.25) is 0 Å². The van der Waals surface area contributed by atoms with E-state index >= 15 is 0 Å². The summed E-state index contributed by atoms with van der Waals surface area (Å²) in [6.07, 6.45) is 0. The Bertz CT molecular complexity index is 296. The molecule has 1 N–H and O–H groups in total. The van der Waals surface area contributed by atoms with Gasteiger partial charge in [-0.05, 0) is 13.8 Å². The maximum atomic E-state index is 5.64. The number of thiazole rings is 1. The van der Waals surface area contributed by atoms with Crippen molar-refractivity contribution in [2.45, 2.75) is 19.9 Å². The number of nitrogens with one attached hydrogen (secondary N) is 1. The maximum absolute atomic E-state index is 5.64. The van der Waals surface area contributed by atoms with Crippen molar-refractivity contribution >= 4 is 22.9 Å². The smallest absolute Gasteiger partial charge is 0.0898 e. The van der Waals surface area contributed by atoms with E-state index in [1.165, 1.54) is 0 Å².